The third-order valence-electron chi connectivity index (χ3n) is 13.6. The molecule has 3 aliphatic rings. The Balaban J connectivity index is 1.16. The Morgan fingerprint density at radius 2 is 1.47 bits per heavy atom. The predicted molar refractivity (Wildman–Crippen MR) is 271 cm³/mol. The molecule has 2 aromatic carbocycles. The number of nitrogens with two attached hydrogens (primary N) is 2. The molecule has 8 rings (SSSR count). The number of aromatic nitrogens is 6. The van der Waals surface area contributed by atoms with Crippen LogP contribution < -0.4 is 36.1 Å². The third-order valence-corrected chi connectivity index (χ3v) is 15.6. The molecule has 0 aliphatic carbocycles. The Hall–Kier alpha value is -8.06. The number of nitrogens with zero attached hydrogens (tertiary/aromatic N) is 9. The molecule has 39 heteroatoms. The second-order valence-corrected chi connectivity index (χ2v) is 21.5. The lowest BCUT2D eigenvalue weighted by Gasteiger charge is -2.35. The van der Waals surface area contributed by atoms with Gasteiger partial charge >= 0.3 is 33.2 Å². The number of phosphoric ester groups is 1. The Kier molecular flexibility index (Phi) is 17.7. The first-order chi connectivity index (χ1) is 39.2. The average molecular weight is 1210 g/mol. The fourth-order valence-corrected chi connectivity index (χ4v) is 11.2. The van der Waals surface area contributed by atoms with E-state index in [1.54, 1.807) is 0 Å². The summed E-state index contributed by atoms with van der Waals surface area (Å²) >= 11 is 0. The molecule has 1 amide bonds. The first-order valence-corrected chi connectivity index (χ1v) is 27.2. The van der Waals surface area contributed by atoms with Crippen molar-refractivity contribution in [1.29, 1.82) is 0 Å². The number of aliphatic hydroxyl groups excluding tert-OH is 2. The topological polar surface area (TPSA) is 519 Å². The summed E-state index contributed by atoms with van der Waals surface area (Å²) in [5.74, 6) is -8.41. The molecule has 5 aromatic rings. The van der Waals surface area contributed by atoms with E-state index in [1.807, 2.05) is 0 Å². The molecular formula is C44H51N11O26P2. The maximum atomic E-state index is 15.6. The van der Waals surface area contributed by atoms with E-state index in [0.717, 1.165) is 58.3 Å². The number of nitro benzene ring substituents is 2. The fourth-order valence-electron chi connectivity index (χ4n) is 9.58. The molecule has 3 fully saturated rings. The van der Waals surface area contributed by atoms with Crippen LogP contribution in [0, 0.1) is 26.1 Å². The molecular weight excluding hydrogens is 1160 g/mol. The summed E-state index contributed by atoms with van der Waals surface area (Å²) in [5.41, 5.74) is 4.86. The SMILES string of the molecule is COc1cc(COC(=O)[C@@H]2CCN(C(=O)OCc3cc(OC)c(OC)cc3[N+](=O)[O-])[C@@H]2C(=O)[C@@]2(O)[C@@H](COP(=O)(O)O[C@H]3C[C@H](n4ccc(N)nc4=O)O[C@@H]3C(O)P(=O)(O)O)O[C@@H](n3cnc4c(N)ncnc43)[C@@H]2O)c([N+](=O)[O-])cc1OC. The highest BCUT2D eigenvalue weighted by molar-refractivity contribution is 7.52. The number of phosphoric acid groups is 1. The molecule has 0 radical (unpaired) electrons. The van der Waals surface area contributed by atoms with Gasteiger partial charge in [0.1, 0.15) is 67.6 Å². The number of ether oxygens (including phenoxy) is 8. The molecule has 3 aliphatic heterocycles. The fraction of sp³-hybridized carbons (Fsp3) is 0.455. The number of esters is 1. The van der Waals surface area contributed by atoms with Crippen molar-refractivity contribution in [2.75, 3.05) is 53.1 Å². The maximum Gasteiger partial charge on any atom is 0.472 e. The first kappa shape index (κ1) is 61.0. The standard InChI is InChI=1S/C44H51N11O26P2/c1-72-24-9-19(22(54(63)64)11-26(24)74-3)14-76-40(58)21-5-7-52(43(61)77-15-20-10-25(73-2)27(75-4)12-23(20)55(65)66)33(21)35(56)44(62)29(79-39(36(44)57)53-18-49-32-37(46)47-17-48-38(32)53)16-78-83(70,71)81-28-13-31(51-8-6-30(45)50-42(51)60)80-34(28)41(59)82(67,68)69/h6,8-12,17-18,21,28-29,31,33-34,36,39,41,57,59,62H,5,7,13-16H2,1-4H3,(H,70,71)(H2,45,50,60)(H2,46,47,48)(H2,67,68,69)/t21-,28+,29-,31-,33+,34+,36+,39-,41?,44+/m1/s1. The van der Waals surface area contributed by atoms with Crippen LogP contribution in [0.4, 0.5) is 27.8 Å². The number of anilines is 2. The molecule has 3 aromatic heterocycles. The lowest BCUT2D eigenvalue weighted by atomic mass is 9.80. The molecule has 11 atom stereocenters. The van der Waals surface area contributed by atoms with Crippen LogP contribution in [0.5, 0.6) is 23.0 Å². The number of methoxy groups -OCH3 is 4. The van der Waals surface area contributed by atoms with E-state index in [2.05, 4.69) is 19.9 Å². The number of likely N-dealkylation sites (tertiary alicyclic amines) is 1. The van der Waals surface area contributed by atoms with Gasteiger partial charge in [0.05, 0.1) is 80.4 Å². The van der Waals surface area contributed by atoms with Gasteiger partial charge in [0, 0.05) is 19.2 Å². The van der Waals surface area contributed by atoms with Crippen LogP contribution in [-0.2, 0) is 59.9 Å². The molecule has 6 heterocycles. The number of ketones is 1. The normalized spacial score (nSPS) is 24.4. The van der Waals surface area contributed by atoms with Crippen LogP contribution in [0.1, 0.15) is 36.4 Å². The monoisotopic (exact) mass is 1210 g/mol. The number of rotatable bonds is 22. The van der Waals surface area contributed by atoms with Crippen molar-refractivity contribution in [2.24, 2.45) is 5.92 Å². The lowest BCUT2D eigenvalue weighted by molar-refractivity contribution is -0.386. The van der Waals surface area contributed by atoms with Crippen molar-refractivity contribution in [3.63, 3.8) is 0 Å². The van der Waals surface area contributed by atoms with Crippen LogP contribution in [0.15, 0.2) is 54.0 Å². The van der Waals surface area contributed by atoms with Gasteiger partial charge < -0.3 is 79.4 Å². The second-order valence-electron chi connectivity index (χ2n) is 18.4. The van der Waals surface area contributed by atoms with E-state index in [0.29, 0.717) is 4.90 Å². The van der Waals surface area contributed by atoms with Crippen LogP contribution in [0.25, 0.3) is 11.2 Å². The van der Waals surface area contributed by atoms with Crippen molar-refractivity contribution >= 4 is 67.4 Å². The predicted octanol–water partition coefficient (Wildman–Crippen LogP) is -0.287. The van der Waals surface area contributed by atoms with Crippen molar-refractivity contribution in [2.45, 2.75) is 80.4 Å². The summed E-state index contributed by atoms with van der Waals surface area (Å²) < 4.78 is 81.9. The van der Waals surface area contributed by atoms with Gasteiger partial charge in [-0.05, 0) is 24.6 Å². The number of hydrogen-bond acceptors (Lipinski definition) is 29. The second kappa shape index (κ2) is 24.0. The highest BCUT2D eigenvalue weighted by Crippen LogP contribution is 2.54. The molecule has 0 bridgehead atoms. The molecule has 10 N–H and O–H groups in total. The van der Waals surface area contributed by atoms with E-state index in [-0.39, 0.29) is 56.9 Å². The number of carbonyl (C=O) groups is 3. The average Bonchev–Trinajstić information content (AvgIpc) is 2.85. The van der Waals surface area contributed by atoms with E-state index in [4.69, 9.17) is 58.4 Å². The van der Waals surface area contributed by atoms with Gasteiger partial charge in [-0.25, -0.2) is 29.1 Å². The van der Waals surface area contributed by atoms with Gasteiger partial charge in [-0.15, -0.1) is 0 Å². The molecule has 83 heavy (non-hydrogen) atoms. The minimum absolute atomic E-state index is 0.0357. The largest absolute Gasteiger partial charge is 0.493 e. The quantitative estimate of drug-likeness (QED) is 0.0191. The number of Topliss-reactive ketones (excluding diaryl/α,β-unsaturated/α-hetero) is 1. The number of nitro groups is 2. The van der Waals surface area contributed by atoms with Crippen molar-refractivity contribution in [3.05, 3.63) is 91.0 Å². The van der Waals surface area contributed by atoms with E-state index < -0.39 is 160 Å². The minimum Gasteiger partial charge on any atom is -0.493 e. The molecule has 3 saturated heterocycles. The summed E-state index contributed by atoms with van der Waals surface area (Å²) in [6.07, 6.45) is -12.6. The number of amides is 1. The van der Waals surface area contributed by atoms with Crippen LogP contribution in [0.2, 0.25) is 0 Å². The van der Waals surface area contributed by atoms with Gasteiger partial charge in [-0.1, -0.05) is 0 Å². The summed E-state index contributed by atoms with van der Waals surface area (Å²) in [4.78, 5) is 127. The van der Waals surface area contributed by atoms with Gasteiger partial charge in [-0.3, -0.25) is 57.5 Å². The number of imidazole rings is 1. The molecule has 448 valence electrons. The third kappa shape index (κ3) is 12.1. The summed E-state index contributed by atoms with van der Waals surface area (Å²) in [6, 6.07) is 2.99. The summed E-state index contributed by atoms with van der Waals surface area (Å²) in [5, 5.41) is 60.2. The molecule has 37 nitrogen and oxygen atoms in total. The minimum atomic E-state index is -5.79. The molecule has 2 unspecified atom stereocenters. The van der Waals surface area contributed by atoms with E-state index in [9.17, 15) is 73.7 Å². The Labute approximate surface area is 464 Å². The number of carbonyl (C=O) groups excluding carboxylic acids is 3. The van der Waals surface area contributed by atoms with Crippen LogP contribution >= 0.6 is 15.4 Å². The van der Waals surface area contributed by atoms with Gasteiger partial charge in [0.15, 0.2) is 57.9 Å². The number of nitrogen functional groups attached to an aromatic ring is 2. The molecule has 0 saturated carbocycles. The number of fused-ring (bicyclic) bond motifs is 1. The highest BCUT2D eigenvalue weighted by atomic mass is 31.2. The van der Waals surface area contributed by atoms with E-state index >= 15 is 4.79 Å². The zero-order chi connectivity index (χ0) is 60.6. The van der Waals surface area contributed by atoms with Gasteiger partial charge in [-0.2, -0.15) is 4.98 Å². The Morgan fingerprint density at radius 1 is 0.880 bits per heavy atom. The zero-order valence-corrected chi connectivity index (χ0v) is 45.3. The maximum absolute atomic E-state index is 15.6. The smallest absolute Gasteiger partial charge is 0.472 e. The first-order valence-electron chi connectivity index (χ1n) is 24.0. The Morgan fingerprint density at radius 3 is 2.04 bits per heavy atom. The van der Waals surface area contributed by atoms with Crippen molar-refractivity contribution < 1.29 is 110 Å². The zero-order valence-electron chi connectivity index (χ0n) is 43.5. The lowest BCUT2D eigenvalue weighted by Crippen LogP contribution is -2.63. The Bertz CT molecular complexity index is 3410. The number of hydrogen-bond donors (Lipinski definition) is 8. The summed E-state index contributed by atoms with van der Waals surface area (Å²) in [7, 11) is -6.50. The van der Waals surface area contributed by atoms with E-state index in [1.165, 1.54) is 28.4 Å². The van der Waals surface area contributed by atoms with Gasteiger partial charge in [0.25, 0.3) is 11.4 Å². The highest BCUT2D eigenvalue weighted by Gasteiger charge is 2.66. The van der Waals surface area contributed by atoms with Crippen molar-refractivity contribution in [3.8, 4) is 23.0 Å². The molecule has 0 spiro atoms. The number of aliphatic hydroxyl groups is 3. The van der Waals surface area contributed by atoms with Crippen LogP contribution in [-0.4, -0.2) is 175 Å². The summed E-state index contributed by atoms with van der Waals surface area (Å²) in [6.45, 7) is -3.93. The van der Waals surface area contributed by atoms with Crippen LogP contribution in [0.3, 0.4) is 0 Å². The number of benzene rings is 2. The van der Waals surface area contributed by atoms with Gasteiger partial charge in [0.2, 0.25) is 0 Å². The van der Waals surface area contributed by atoms with Crippen molar-refractivity contribution in [1.82, 2.24) is 34.0 Å².